The van der Waals surface area contributed by atoms with E-state index in [1.54, 1.807) is 0 Å². The van der Waals surface area contributed by atoms with Gasteiger partial charge in [0.05, 0.1) is 0 Å². The van der Waals surface area contributed by atoms with E-state index in [2.05, 4.69) is 0 Å². The van der Waals surface area contributed by atoms with Gasteiger partial charge in [0.1, 0.15) is 0 Å². The normalized spacial score (nSPS) is 0. The predicted molar refractivity (Wildman–Crippen MR) is 29.0 cm³/mol. The van der Waals surface area contributed by atoms with Crippen molar-refractivity contribution in [1.29, 1.82) is 0 Å². The standard InChI is InChI=1S/4ClH.Mn/h4*1H;. The van der Waals surface area contributed by atoms with Crippen molar-refractivity contribution in [1.82, 2.24) is 0 Å². The van der Waals surface area contributed by atoms with Crippen LogP contribution >= 0.6 is 49.6 Å². The third-order valence-corrected chi connectivity index (χ3v) is 0. The summed E-state index contributed by atoms with van der Waals surface area (Å²) in [6, 6.07) is 0. The average molecular weight is 201 g/mol. The Hall–Kier alpha value is 1.68. The summed E-state index contributed by atoms with van der Waals surface area (Å²) in [5.74, 6) is 0. The molecular weight excluding hydrogens is 197 g/mol. The van der Waals surface area contributed by atoms with E-state index in [1.807, 2.05) is 0 Å². The molecule has 5 heavy (non-hydrogen) atoms. The van der Waals surface area contributed by atoms with Crippen molar-refractivity contribution in [3.8, 4) is 0 Å². The van der Waals surface area contributed by atoms with Gasteiger partial charge in [-0.1, -0.05) is 0 Å². The van der Waals surface area contributed by atoms with E-state index in [4.69, 9.17) is 0 Å². The van der Waals surface area contributed by atoms with Crippen molar-refractivity contribution in [2.45, 2.75) is 0 Å². The second-order valence-corrected chi connectivity index (χ2v) is 0. The summed E-state index contributed by atoms with van der Waals surface area (Å²) in [6.07, 6.45) is 0. The van der Waals surface area contributed by atoms with E-state index >= 15 is 0 Å². The van der Waals surface area contributed by atoms with Gasteiger partial charge in [-0.15, -0.1) is 49.6 Å². The number of halogens is 4. The van der Waals surface area contributed by atoms with Crippen molar-refractivity contribution in [2.24, 2.45) is 0 Å². The molecule has 0 spiro atoms. The Morgan fingerprint density at radius 3 is 0.400 bits per heavy atom. The molecule has 0 aliphatic rings. The Morgan fingerprint density at radius 2 is 0.400 bits per heavy atom. The van der Waals surface area contributed by atoms with Gasteiger partial charge >= 0.3 is 0 Å². The van der Waals surface area contributed by atoms with Gasteiger partial charge in [0.25, 0.3) is 0 Å². The summed E-state index contributed by atoms with van der Waals surface area (Å²) >= 11 is 0. The van der Waals surface area contributed by atoms with Crippen LogP contribution < -0.4 is 0 Å². The molecule has 0 aliphatic carbocycles. The third kappa shape index (κ3) is 27.3. The molecule has 0 saturated heterocycles. The fraction of sp³-hybridized carbons (Fsp3) is 0. The topological polar surface area (TPSA) is 0 Å². The maximum absolute atomic E-state index is 0. The molecular formula is H4Cl4Mn. The van der Waals surface area contributed by atoms with Gasteiger partial charge in [0.2, 0.25) is 0 Å². The van der Waals surface area contributed by atoms with Crippen LogP contribution in [0.25, 0.3) is 0 Å². The molecule has 0 aromatic heterocycles. The minimum absolute atomic E-state index is 0. The molecule has 0 saturated carbocycles. The zero-order valence-corrected chi connectivity index (χ0v) is 6.46. The maximum atomic E-state index is 0. The van der Waals surface area contributed by atoms with Crippen molar-refractivity contribution in [2.75, 3.05) is 0 Å². The van der Waals surface area contributed by atoms with E-state index in [0.717, 1.165) is 0 Å². The van der Waals surface area contributed by atoms with Crippen molar-refractivity contribution in [3.63, 3.8) is 0 Å². The van der Waals surface area contributed by atoms with E-state index in [0.29, 0.717) is 0 Å². The minimum Gasteiger partial charge on any atom is -0.147 e. The summed E-state index contributed by atoms with van der Waals surface area (Å²) in [4.78, 5) is 0. The molecule has 0 N–H and O–H groups in total. The van der Waals surface area contributed by atoms with E-state index in [-0.39, 0.29) is 66.7 Å². The average Bonchev–Trinajstić information content (AvgIpc) is 0. The first-order chi connectivity index (χ1) is 0. The van der Waals surface area contributed by atoms with Crippen LogP contribution in [0.5, 0.6) is 0 Å². The van der Waals surface area contributed by atoms with Crippen LogP contribution in [0, 0.1) is 0 Å². The number of hydrogen-bond acceptors (Lipinski definition) is 0. The van der Waals surface area contributed by atoms with Crippen LogP contribution in [-0.2, 0) is 17.1 Å². The van der Waals surface area contributed by atoms with Gasteiger partial charge in [0, 0.05) is 17.1 Å². The van der Waals surface area contributed by atoms with E-state index in [9.17, 15) is 0 Å². The Bertz CT molecular complexity index is 3.61. The Labute approximate surface area is 66.6 Å². The second kappa shape index (κ2) is 44.1. The fourth-order valence-corrected chi connectivity index (χ4v) is 0. The quantitative estimate of drug-likeness (QED) is 0.523. The number of hydrogen-bond donors (Lipinski definition) is 0. The van der Waals surface area contributed by atoms with Crippen LogP contribution in [0.15, 0.2) is 0 Å². The summed E-state index contributed by atoms with van der Waals surface area (Å²) in [5.41, 5.74) is 0. The smallest absolute Gasteiger partial charge is 0 e. The monoisotopic (exact) mass is 199 g/mol. The SMILES string of the molecule is Cl.Cl.Cl.Cl.[Mn]. The number of rotatable bonds is 0. The summed E-state index contributed by atoms with van der Waals surface area (Å²) < 4.78 is 0. The molecule has 0 atom stereocenters. The van der Waals surface area contributed by atoms with Crippen molar-refractivity contribution < 1.29 is 17.1 Å². The van der Waals surface area contributed by atoms with Crippen LogP contribution in [-0.4, -0.2) is 0 Å². The molecule has 0 aromatic rings. The molecule has 0 amide bonds. The molecule has 0 fully saturated rings. The first kappa shape index (κ1) is 76.4. The Morgan fingerprint density at radius 1 is 0.400 bits per heavy atom. The zero-order valence-electron chi connectivity index (χ0n) is 2.01. The van der Waals surface area contributed by atoms with Gasteiger partial charge in [-0.25, -0.2) is 0 Å². The van der Waals surface area contributed by atoms with Gasteiger partial charge in [-0.05, 0) is 0 Å². The fourth-order valence-electron chi connectivity index (χ4n) is 0. The minimum atomic E-state index is 0. The molecule has 1 radical (unpaired) electrons. The van der Waals surface area contributed by atoms with E-state index < -0.39 is 0 Å². The van der Waals surface area contributed by atoms with Crippen molar-refractivity contribution >= 4 is 49.6 Å². The van der Waals surface area contributed by atoms with Crippen LogP contribution in [0.1, 0.15) is 0 Å². The van der Waals surface area contributed by atoms with Gasteiger partial charge < -0.3 is 0 Å². The molecule has 0 aromatic carbocycles. The Balaban J connectivity index is 0. The maximum Gasteiger partial charge on any atom is 0 e. The van der Waals surface area contributed by atoms with Gasteiger partial charge in [0.15, 0.2) is 0 Å². The largest absolute Gasteiger partial charge is 0.147 e. The molecule has 0 aliphatic heterocycles. The molecule has 0 heterocycles. The molecule has 0 unspecified atom stereocenters. The summed E-state index contributed by atoms with van der Waals surface area (Å²) in [6.45, 7) is 0. The van der Waals surface area contributed by atoms with Crippen molar-refractivity contribution in [3.05, 3.63) is 0 Å². The van der Waals surface area contributed by atoms with E-state index in [1.165, 1.54) is 0 Å². The third-order valence-electron chi connectivity index (χ3n) is 0. The molecule has 0 bridgehead atoms. The molecule has 5 heteroatoms. The van der Waals surface area contributed by atoms with Gasteiger partial charge in [-0.2, -0.15) is 0 Å². The Kier molecular flexibility index (Phi) is 674. The van der Waals surface area contributed by atoms with Crippen LogP contribution in [0.3, 0.4) is 0 Å². The van der Waals surface area contributed by atoms with Crippen LogP contribution in [0.4, 0.5) is 0 Å². The summed E-state index contributed by atoms with van der Waals surface area (Å²) in [5, 5.41) is 0. The first-order valence-electron chi connectivity index (χ1n) is 0. The molecule has 0 nitrogen and oxygen atoms in total. The van der Waals surface area contributed by atoms with Gasteiger partial charge in [-0.3, -0.25) is 0 Å². The predicted octanol–water partition coefficient (Wildman–Crippen LogP) is 1.68. The molecule has 39 valence electrons. The summed E-state index contributed by atoms with van der Waals surface area (Å²) in [7, 11) is 0. The second-order valence-electron chi connectivity index (χ2n) is 0. The first-order valence-corrected chi connectivity index (χ1v) is 0. The van der Waals surface area contributed by atoms with Crippen LogP contribution in [0.2, 0.25) is 0 Å². The zero-order chi connectivity index (χ0) is 0. The molecule has 0 rings (SSSR count).